The summed E-state index contributed by atoms with van der Waals surface area (Å²) in [5, 5.41) is 2.94. The number of hydrogen-bond donors (Lipinski definition) is 1. The maximum Gasteiger partial charge on any atom is 0.243 e. The number of piperidine rings is 1. The maximum absolute atomic E-state index is 13.1. The van der Waals surface area contributed by atoms with Crippen LogP contribution < -0.4 is 10.1 Å². The number of ether oxygens (including phenoxy) is 1. The lowest BCUT2D eigenvalue weighted by Gasteiger charge is -2.31. The number of rotatable bonds is 7. The van der Waals surface area contributed by atoms with E-state index >= 15 is 0 Å². The highest BCUT2D eigenvalue weighted by atomic mass is 32.2. The van der Waals surface area contributed by atoms with E-state index in [1.165, 1.54) is 29.1 Å². The van der Waals surface area contributed by atoms with Gasteiger partial charge in [0.15, 0.2) is 0 Å². The highest BCUT2D eigenvalue weighted by Crippen LogP contribution is 2.26. The van der Waals surface area contributed by atoms with Crippen molar-refractivity contribution in [2.75, 3.05) is 25.5 Å². The summed E-state index contributed by atoms with van der Waals surface area (Å²) in [5.41, 5.74) is 3.00. The molecule has 1 aliphatic heterocycles. The summed E-state index contributed by atoms with van der Waals surface area (Å²) in [6, 6.07) is 18.0. The molecular weight excluding hydrogens is 438 g/mol. The highest BCUT2D eigenvalue weighted by molar-refractivity contribution is 7.89. The molecule has 8 heteroatoms. The fourth-order valence-electron chi connectivity index (χ4n) is 3.96. The largest absolute Gasteiger partial charge is 0.497 e. The second kappa shape index (κ2) is 10.1. The third-order valence-electron chi connectivity index (χ3n) is 5.83. The first-order valence-electron chi connectivity index (χ1n) is 10.9. The van der Waals surface area contributed by atoms with Gasteiger partial charge in [-0.05, 0) is 78.9 Å². The number of hydrogen-bond acceptors (Lipinski definition) is 5. The van der Waals surface area contributed by atoms with Crippen LogP contribution in [0.25, 0.3) is 0 Å². The first-order valence-corrected chi connectivity index (χ1v) is 12.3. The van der Waals surface area contributed by atoms with Crippen molar-refractivity contribution in [3.63, 3.8) is 0 Å². The number of anilines is 1. The van der Waals surface area contributed by atoms with E-state index in [1.54, 1.807) is 24.5 Å². The predicted molar refractivity (Wildman–Crippen MR) is 127 cm³/mol. The lowest BCUT2D eigenvalue weighted by Crippen LogP contribution is -2.43. The van der Waals surface area contributed by atoms with E-state index in [-0.39, 0.29) is 17.3 Å². The molecule has 3 aromatic rings. The Balaban J connectivity index is 1.38. The molecule has 1 aromatic heterocycles. The van der Waals surface area contributed by atoms with Crippen LogP contribution in [0.2, 0.25) is 0 Å². The van der Waals surface area contributed by atoms with Gasteiger partial charge in [0.05, 0.1) is 17.9 Å². The molecule has 1 amide bonds. The molecule has 7 nitrogen and oxygen atoms in total. The lowest BCUT2D eigenvalue weighted by molar-refractivity contribution is -0.120. The van der Waals surface area contributed by atoms with Crippen molar-refractivity contribution in [2.45, 2.75) is 24.2 Å². The smallest absolute Gasteiger partial charge is 0.243 e. The Bertz CT molecular complexity index is 1180. The number of amides is 1. The van der Waals surface area contributed by atoms with Crippen molar-refractivity contribution in [3.05, 3.63) is 84.2 Å². The van der Waals surface area contributed by atoms with Crippen LogP contribution in [-0.2, 0) is 21.2 Å². The summed E-state index contributed by atoms with van der Waals surface area (Å²) in [6.45, 7) is 0.572. The van der Waals surface area contributed by atoms with Gasteiger partial charge >= 0.3 is 0 Å². The van der Waals surface area contributed by atoms with Crippen molar-refractivity contribution in [2.24, 2.45) is 5.92 Å². The van der Waals surface area contributed by atoms with E-state index in [9.17, 15) is 13.2 Å². The number of pyridine rings is 1. The molecule has 172 valence electrons. The zero-order valence-electron chi connectivity index (χ0n) is 18.5. The Labute approximate surface area is 194 Å². The van der Waals surface area contributed by atoms with Gasteiger partial charge < -0.3 is 10.1 Å². The molecular formula is C25H27N3O4S. The van der Waals surface area contributed by atoms with E-state index < -0.39 is 15.9 Å². The molecule has 0 spiro atoms. The summed E-state index contributed by atoms with van der Waals surface area (Å²) in [6.07, 6.45) is 5.62. The van der Waals surface area contributed by atoms with Gasteiger partial charge in [-0.25, -0.2) is 8.42 Å². The molecule has 0 saturated carbocycles. The van der Waals surface area contributed by atoms with E-state index in [0.29, 0.717) is 30.8 Å². The van der Waals surface area contributed by atoms with Crippen LogP contribution in [0.1, 0.15) is 24.0 Å². The molecule has 33 heavy (non-hydrogen) atoms. The third-order valence-corrected chi connectivity index (χ3v) is 7.71. The van der Waals surface area contributed by atoms with E-state index in [4.69, 9.17) is 4.74 Å². The van der Waals surface area contributed by atoms with Gasteiger partial charge in [0.1, 0.15) is 5.75 Å². The Morgan fingerprint density at radius 1 is 1.03 bits per heavy atom. The maximum atomic E-state index is 13.1. The van der Waals surface area contributed by atoms with Crippen LogP contribution >= 0.6 is 0 Å². The molecule has 0 aliphatic carbocycles. The van der Waals surface area contributed by atoms with Crippen molar-refractivity contribution in [3.8, 4) is 5.75 Å². The topological polar surface area (TPSA) is 88.6 Å². The summed E-state index contributed by atoms with van der Waals surface area (Å²) in [7, 11) is -2.13. The molecule has 0 unspecified atom stereocenters. The summed E-state index contributed by atoms with van der Waals surface area (Å²) < 4.78 is 32.6. The molecule has 0 radical (unpaired) electrons. The Morgan fingerprint density at radius 2 is 1.70 bits per heavy atom. The summed E-state index contributed by atoms with van der Waals surface area (Å²) in [4.78, 5) is 17.1. The van der Waals surface area contributed by atoms with Gasteiger partial charge in [-0.1, -0.05) is 12.1 Å². The third kappa shape index (κ3) is 5.58. The molecule has 4 rings (SSSR count). The number of nitrogens with zero attached hydrogens (tertiary/aromatic N) is 2. The number of aromatic nitrogens is 1. The first kappa shape index (κ1) is 22.9. The van der Waals surface area contributed by atoms with Crippen molar-refractivity contribution < 1.29 is 17.9 Å². The van der Waals surface area contributed by atoms with Gasteiger partial charge in [-0.2, -0.15) is 4.31 Å². The van der Waals surface area contributed by atoms with Crippen LogP contribution in [0.4, 0.5) is 5.69 Å². The number of sulfonamides is 1. The van der Waals surface area contributed by atoms with Crippen molar-refractivity contribution in [1.29, 1.82) is 0 Å². The van der Waals surface area contributed by atoms with Crippen molar-refractivity contribution >= 4 is 21.6 Å². The second-order valence-electron chi connectivity index (χ2n) is 8.10. The number of nitrogens with one attached hydrogen (secondary N) is 1. The number of methoxy groups -OCH3 is 1. The zero-order chi connectivity index (χ0) is 23.3. The first-order chi connectivity index (χ1) is 16.0. The predicted octanol–water partition coefficient (Wildman–Crippen LogP) is 3.72. The standard InChI is InChI=1S/C25H27N3O4S/c1-32-23-8-10-24(11-9-23)33(30,31)28-16-2-3-21(18-28)25(29)27-22-6-4-19(5-7-22)17-20-12-14-26-15-13-20/h4-15,21H,2-3,16-18H2,1H3,(H,27,29)/t21-/m0/s1. The SMILES string of the molecule is COc1ccc(S(=O)(=O)N2CCC[C@H](C(=O)Nc3ccc(Cc4ccncc4)cc3)C2)cc1. The zero-order valence-corrected chi connectivity index (χ0v) is 19.3. The minimum Gasteiger partial charge on any atom is -0.497 e. The average molecular weight is 466 g/mol. The van der Waals surface area contributed by atoms with Crippen LogP contribution in [0, 0.1) is 5.92 Å². The summed E-state index contributed by atoms with van der Waals surface area (Å²) in [5.74, 6) is 0.0337. The number of carbonyl (C=O) groups excluding carboxylic acids is 1. The van der Waals surface area contributed by atoms with E-state index in [2.05, 4.69) is 10.3 Å². The van der Waals surface area contributed by atoms with Gasteiger partial charge in [-0.15, -0.1) is 0 Å². The van der Waals surface area contributed by atoms with Gasteiger partial charge in [0, 0.05) is 31.2 Å². The molecule has 2 heterocycles. The molecule has 1 fully saturated rings. The molecule has 0 bridgehead atoms. The van der Waals surface area contributed by atoms with Crippen molar-refractivity contribution in [1.82, 2.24) is 9.29 Å². The second-order valence-corrected chi connectivity index (χ2v) is 10.0. The molecule has 1 aliphatic rings. The number of benzene rings is 2. The van der Waals surface area contributed by atoms with E-state index in [0.717, 1.165) is 12.0 Å². The normalized spacial score (nSPS) is 16.8. The minimum atomic E-state index is -3.67. The quantitative estimate of drug-likeness (QED) is 0.575. The van der Waals surface area contributed by atoms with Gasteiger partial charge in [0.2, 0.25) is 15.9 Å². The average Bonchev–Trinajstić information content (AvgIpc) is 2.86. The monoisotopic (exact) mass is 465 g/mol. The molecule has 1 N–H and O–H groups in total. The lowest BCUT2D eigenvalue weighted by atomic mass is 9.98. The van der Waals surface area contributed by atoms with Crippen LogP contribution in [0.3, 0.4) is 0 Å². The van der Waals surface area contributed by atoms with Gasteiger partial charge in [0.25, 0.3) is 0 Å². The summed E-state index contributed by atoms with van der Waals surface area (Å²) >= 11 is 0. The fraction of sp³-hybridized carbons (Fsp3) is 0.280. The van der Waals surface area contributed by atoms with Gasteiger partial charge in [-0.3, -0.25) is 9.78 Å². The fourth-order valence-corrected chi connectivity index (χ4v) is 5.48. The van der Waals surface area contributed by atoms with Crippen LogP contribution in [-0.4, -0.2) is 43.8 Å². The Morgan fingerprint density at radius 3 is 2.36 bits per heavy atom. The highest BCUT2D eigenvalue weighted by Gasteiger charge is 2.33. The Kier molecular flexibility index (Phi) is 7.05. The molecule has 1 saturated heterocycles. The Hall–Kier alpha value is -3.23. The van der Waals surface area contributed by atoms with Crippen LogP contribution in [0.15, 0.2) is 78.0 Å². The van der Waals surface area contributed by atoms with Crippen LogP contribution in [0.5, 0.6) is 5.75 Å². The molecule has 1 atom stereocenters. The molecule has 2 aromatic carbocycles. The van der Waals surface area contributed by atoms with E-state index in [1.807, 2.05) is 36.4 Å². The number of carbonyl (C=O) groups is 1. The minimum absolute atomic E-state index is 0.161.